The molecule has 4 atom stereocenters. The van der Waals surface area contributed by atoms with Crippen molar-refractivity contribution < 1.29 is 0 Å². The molecule has 3 aliphatic rings. The van der Waals surface area contributed by atoms with Gasteiger partial charge in [-0.05, 0) is 83.7 Å². The third-order valence-corrected chi connectivity index (χ3v) is 7.40. The minimum Gasteiger partial charge on any atom is -0.0851 e. The highest BCUT2D eigenvalue weighted by Crippen LogP contribution is 2.58. The van der Waals surface area contributed by atoms with Crippen molar-refractivity contribution in [3.63, 3.8) is 0 Å². The molecule has 0 nitrogen and oxygen atoms in total. The van der Waals surface area contributed by atoms with E-state index < -0.39 is 0 Å². The maximum absolute atomic E-state index is 2.59. The van der Waals surface area contributed by atoms with Gasteiger partial charge < -0.3 is 0 Å². The lowest BCUT2D eigenvalue weighted by Gasteiger charge is -2.41. The largest absolute Gasteiger partial charge is 0.0851 e. The Bertz CT molecular complexity index is 827. The highest BCUT2D eigenvalue weighted by atomic mass is 14.5. The van der Waals surface area contributed by atoms with Gasteiger partial charge in [-0.3, -0.25) is 0 Å². The Morgan fingerprint density at radius 2 is 2.12 bits per heavy atom. The first-order chi connectivity index (χ1) is 11.7. The topological polar surface area (TPSA) is 0 Å². The van der Waals surface area contributed by atoms with E-state index in [1.165, 1.54) is 49.3 Å². The van der Waals surface area contributed by atoms with Crippen LogP contribution in [0.25, 0.3) is 10.8 Å². The Kier molecular flexibility index (Phi) is 3.21. The molecule has 0 N–H and O–H groups in total. The van der Waals surface area contributed by atoms with Gasteiger partial charge in [-0.2, -0.15) is 0 Å². The number of allylic oxidation sites excluding steroid dienone is 2. The Labute approximate surface area is 146 Å². The fraction of sp³-hybridized carbons (Fsp3) is 0.500. The Morgan fingerprint density at radius 3 is 2.88 bits per heavy atom. The Morgan fingerprint density at radius 1 is 1.21 bits per heavy atom. The summed E-state index contributed by atoms with van der Waals surface area (Å²) < 4.78 is 0. The molecule has 0 saturated heterocycles. The van der Waals surface area contributed by atoms with Crippen LogP contribution in [-0.2, 0) is 11.8 Å². The molecule has 0 heteroatoms. The molecular formula is C24H28. The standard InChI is InChI=1S/C24H28/c1-3-16(2)21-8-4-6-18-14-23-19(13-22(18)21)7-5-11-24(23)15-17-9-10-20(24)12-17/h4,6,8-10,13-14,16-17,20H,3,5,7,11-12,15H2,1-2H3. The molecule has 2 bridgehead atoms. The lowest BCUT2D eigenvalue weighted by Crippen LogP contribution is -2.35. The van der Waals surface area contributed by atoms with Crippen LogP contribution in [0, 0.1) is 11.8 Å². The second kappa shape index (κ2) is 5.22. The molecule has 0 aromatic heterocycles. The maximum atomic E-state index is 2.59. The van der Waals surface area contributed by atoms with Crippen LogP contribution in [0.5, 0.6) is 0 Å². The van der Waals surface area contributed by atoms with E-state index in [2.05, 4.69) is 56.3 Å². The van der Waals surface area contributed by atoms with Gasteiger partial charge in [0, 0.05) is 5.41 Å². The molecule has 24 heavy (non-hydrogen) atoms. The van der Waals surface area contributed by atoms with E-state index in [0.29, 0.717) is 11.3 Å². The first-order valence-electron chi connectivity index (χ1n) is 9.95. The summed E-state index contributed by atoms with van der Waals surface area (Å²) in [5.74, 6) is 2.30. The number of hydrogen-bond acceptors (Lipinski definition) is 0. The summed E-state index contributed by atoms with van der Waals surface area (Å²) in [6, 6.07) is 12.1. The van der Waals surface area contributed by atoms with Crippen LogP contribution < -0.4 is 0 Å². The third-order valence-electron chi connectivity index (χ3n) is 7.40. The van der Waals surface area contributed by atoms with Crippen molar-refractivity contribution in [1.29, 1.82) is 0 Å². The van der Waals surface area contributed by atoms with Crippen LogP contribution in [-0.4, -0.2) is 0 Å². The molecule has 5 rings (SSSR count). The normalized spacial score (nSPS) is 31.8. The zero-order chi connectivity index (χ0) is 16.3. The summed E-state index contributed by atoms with van der Waals surface area (Å²) in [5, 5.41) is 2.99. The molecular weight excluding hydrogens is 288 g/mol. The molecule has 0 heterocycles. The zero-order valence-corrected chi connectivity index (χ0v) is 15.0. The predicted octanol–water partition coefficient (Wildman–Crippen LogP) is 6.52. The molecule has 0 aliphatic heterocycles. The summed E-state index contributed by atoms with van der Waals surface area (Å²) in [6.07, 6.45) is 13.1. The highest BCUT2D eigenvalue weighted by molar-refractivity contribution is 5.88. The molecule has 2 aromatic rings. The summed E-state index contributed by atoms with van der Waals surface area (Å²) >= 11 is 0. The molecule has 1 spiro atoms. The van der Waals surface area contributed by atoms with Crippen molar-refractivity contribution in [3.8, 4) is 0 Å². The molecule has 0 radical (unpaired) electrons. The van der Waals surface area contributed by atoms with E-state index in [-0.39, 0.29) is 0 Å². The number of benzene rings is 2. The van der Waals surface area contributed by atoms with Crippen LogP contribution in [0.2, 0.25) is 0 Å². The fourth-order valence-electron chi connectivity index (χ4n) is 6.00. The van der Waals surface area contributed by atoms with E-state index in [0.717, 1.165) is 11.8 Å². The van der Waals surface area contributed by atoms with Gasteiger partial charge in [0.2, 0.25) is 0 Å². The van der Waals surface area contributed by atoms with Crippen LogP contribution in [0.3, 0.4) is 0 Å². The van der Waals surface area contributed by atoms with Gasteiger partial charge in [0.1, 0.15) is 0 Å². The number of fused-ring (bicyclic) bond motifs is 6. The molecule has 1 saturated carbocycles. The van der Waals surface area contributed by atoms with E-state index in [4.69, 9.17) is 0 Å². The lowest BCUT2D eigenvalue weighted by atomic mass is 9.62. The summed E-state index contributed by atoms with van der Waals surface area (Å²) in [6.45, 7) is 4.68. The number of rotatable bonds is 2. The van der Waals surface area contributed by atoms with Gasteiger partial charge in [-0.15, -0.1) is 0 Å². The zero-order valence-electron chi connectivity index (χ0n) is 15.0. The molecule has 124 valence electrons. The minimum absolute atomic E-state index is 0.466. The molecule has 2 aromatic carbocycles. The maximum Gasteiger partial charge on any atom is 0.00246 e. The average Bonchev–Trinajstić information content (AvgIpc) is 3.21. The van der Waals surface area contributed by atoms with Crippen LogP contribution in [0.15, 0.2) is 42.5 Å². The molecule has 1 fully saturated rings. The van der Waals surface area contributed by atoms with Crippen molar-refractivity contribution in [2.45, 2.75) is 63.7 Å². The lowest BCUT2D eigenvalue weighted by molar-refractivity contribution is 0.304. The van der Waals surface area contributed by atoms with Gasteiger partial charge in [0.25, 0.3) is 0 Å². The third kappa shape index (κ3) is 1.92. The summed E-state index contributed by atoms with van der Waals surface area (Å²) in [7, 11) is 0. The number of aryl methyl sites for hydroxylation is 1. The molecule has 4 unspecified atom stereocenters. The molecule has 0 amide bonds. The van der Waals surface area contributed by atoms with Gasteiger partial charge in [0.15, 0.2) is 0 Å². The van der Waals surface area contributed by atoms with Crippen LogP contribution in [0.4, 0.5) is 0 Å². The van der Waals surface area contributed by atoms with Gasteiger partial charge in [-0.1, -0.05) is 56.3 Å². The number of hydrogen-bond donors (Lipinski definition) is 0. The van der Waals surface area contributed by atoms with Crippen LogP contribution in [0.1, 0.15) is 68.6 Å². The second-order valence-corrected chi connectivity index (χ2v) is 8.59. The van der Waals surface area contributed by atoms with Crippen molar-refractivity contribution in [2.75, 3.05) is 0 Å². The second-order valence-electron chi connectivity index (χ2n) is 8.59. The van der Waals surface area contributed by atoms with Gasteiger partial charge >= 0.3 is 0 Å². The van der Waals surface area contributed by atoms with Crippen LogP contribution >= 0.6 is 0 Å². The van der Waals surface area contributed by atoms with E-state index in [1.54, 1.807) is 16.7 Å². The van der Waals surface area contributed by atoms with E-state index in [9.17, 15) is 0 Å². The van der Waals surface area contributed by atoms with Crippen molar-refractivity contribution in [1.82, 2.24) is 0 Å². The smallest absolute Gasteiger partial charge is 0.00246 e. The van der Waals surface area contributed by atoms with Gasteiger partial charge in [0.05, 0.1) is 0 Å². The minimum atomic E-state index is 0.466. The van der Waals surface area contributed by atoms with Crippen molar-refractivity contribution in [3.05, 3.63) is 59.2 Å². The SMILES string of the molecule is CCC(C)c1cccc2cc3c(cc12)CCCC31CC2C=CC1C2. The first kappa shape index (κ1) is 14.8. The van der Waals surface area contributed by atoms with Gasteiger partial charge in [-0.25, -0.2) is 0 Å². The highest BCUT2D eigenvalue weighted by Gasteiger charge is 2.50. The summed E-state index contributed by atoms with van der Waals surface area (Å²) in [5.41, 5.74) is 5.38. The Hall–Kier alpha value is -1.56. The monoisotopic (exact) mass is 316 g/mol. The first-order valence-corrected chi connectivity index (χ1v) is 9.95. The fourth-order valence-corrected chi connectivity index (χ4v) is 6.00. The van der Waals surface area contributed by atoms with Crippen molar-refractivity contribution >= 4 is 10.8 Å². The predicted molar refractivity (Wildman–Crippen MR) is 103 cm³/mol. The average molecular weight is 316 g/mol. The van der Waals surface area contributed by atoms with E-state index in [1.807, 2.05) is 0 Å². The van der Waals surface area contributed by atoms with Crippen molar-refractivity contribution in [2.24, 2.45) is 11.8 Å². The Balaban J connectivity index is 1.71. The molecule has 3 aliphatic carbocycles. The summed E-state index contributed by atoms with van der Waals surface area (Å²) in [4.78, 5) is 0. The quantitative estimate of drug-likeness (QED) is 0.553. The van der Waals surface area contributed by atoms with E-state index >= 15 is 0 Å².